The second-order valence-corrected chi connectivity index (χ2v) is 7.19. The van der Waals surface area contributed by atoms with Crippen molar-refractivity contribution in [3.63, 3.8) is 0 Å². The van der Waals surface area contributed by atoms with E-state index in [4.69, 9.17) is 11.0 Å². The van der Waals surface area contributed by atoms with Gasteiger partial charge in [0.1, 0.15) is 11.0 Å². The predicted octanol–water partition coefficient (Wildman–Crippen LogP) is 2.12. The molecular weight excluding hydrogens is 274 g/mol. The second-order valence-electron chi connectivity index (χ2n) is 5.36. The van der Waals surface area contributed by atoms with Crippen molar-refractivity contribution < 1.29 is 8.42 Å². The zero-order valence-electron chi connectivity index (χ0n) is 11.9. The standard InChI is InChI=1S/C14H19N3O2S/c1-5-8-17(14(2,3)4)20(18,19)13-7-6-12(16)9-11(13)10-15/h5-7,9H,1,8,16H2,2-4H3. The van der Waals surface area contributed by atoms with Gasteiger partial charge in [0.2, 0.25) is 10.0 Å². The van der Waals surface area contributed by atoms with E-state index in [1.165, 1.54) is 28.6 Å². The number of rotatable bonds is 4. The first-order valence-corrected chi connectivity index (χ1v) is 7.52. The highest BCUT2D eigenvalue weighted by Crippen LogP contribution is 2.27. The molecule has 1 aromatic rings. The van der Waals surface area contributed by atoms with Crippen LogP contribution in [0.1, 0.15) is 26.3 Å². The number of nitrogens with zero attached hydrogens (tertiary/aromatic N) is 2. The van der Waals surface area contributed by atoms with Crippen LogP contribution in [0.25, 0.3) is 0 Å². The molecule has 6 heteroatoms. The Bertz CT molecular complexity index is 652. The van der Waals surface area contributed by atoms with Gasteiger partial charge in [0, 0.05) is 17.8 Å². The molecule has 2 N–H and O–H groups in total. The van der Waals surface area contributed by atoms with Crippen LogP contribution in [-0.2, 0) is 10.0 Å². The summed E-state index contributed by atoms with van der Waals surface area (Å²) in [5.74, 6) is 0. The van der Waals surface area contributed by atoms with Gasteiger partial charge in [-0.05, 0) is 39.0 Å². The zero-order chi connectivity index (χ0) is 15.6. The molecule has 0 amide bonds. The smallest absolute Gasteiger partial charge is 0.245 e. The summed E-state index contributed by atoms with van der Waals surface area (Å²) in [5, 5.41) is 9.11. The summed E-state index contributed by atoms with van der Waals surface area (Å²) >= 11 is 0. The summed E-state index contributed by atoms with van der Waals surface area (Å²) in [7, 11) is -3.80. The van der Waals surface area contributed by atoms with Gasteiger partial charge < -0.3 is 5.73 Å². The summed E-state index contributed by atoms with van der Waals surface area (Å²) in [6.45, 7) is 9.12. The van der Waals surface area contributed by atoms with Crippen LogP contribution in [0.15, 0.2) is 35.7 Å². The van der Waals surface area contributed by atoms with Gasteiger partial charge in [-0.25, -0.2) is 8.42 Å². The molecule has 108 valence electrons. The zero-order valence-corrected chi connectivity index (χ0v) is 12.7. The van der Waals surface area contributed by atoms with Gasteiger partial charge >= 0.3 is 0 Å². The van der Waals surface area contributed by atoms with Crippen LogP contribution in [0, 0.1) is 11.3 Å². The summed E-state index contributed by atoms with van der Waals surface area (Å²) in [4.78, 5) is -0.0361. The molecule has 0 bridgehead atoms. The number of nitriles is 1. The lowest BCUT2D eigenvalue weighted by Crippen LogP contribution is -2.45. The topological polar surface area (TPSA) is 87.2 Å². The van der Waals surface area contributed by atoms with E-state index < -0.39 is 15.6 Å². The molecule has 0 aliphatic carbocycles. The molecule has 1 aromatic carbocycles. The molecule has 1 rings (SSSR count). The van der Waals surface area contributed by atoms with E-state index in [1.807, 2.05) is 6.07 Å². The first-order valence-electron chi connectivity index (χ1n) is 6.08. The maximum atomic E-state index is 12.7. The third-order valence-electron chi connectivity index (χ3n) is 2.74. The third-order valence-corrected chi connectivity index (χ3v) is 4.92. The van der Waals surface area contributed by atoms with Crippen molar-refractivity contribution in [1.29, 1.82) is 5.26 Å². The fraction of sp³-hybridized carbons (Fsp3) is 0.357. The molecule has 0 aliphatic heterocycles. The van der Waals surface area contributed by atoms with Crippen molar-refractivity contribution in [2.24, 2.45) is 0 Å². The Morgan fingerprint density at radius 1 is 1.45 bits per heavy atom. The van der Waals surface area contributed by atoms with Gasteiger partial charge in [0.25, 0.3) is 0 Å². The highest BCUT2D eigenvalue weighted by Gasteiger charge is 2.34. The summed E-state index contributed by atoms with van der Waals surface area (Å²) in [6.07, 6.45) is 1.52. The number of hydrogen-bond donors (Lipinski definition) is 1. The van der Waals surface area contributed by atoms with Gasteiger partial charge in [-0.1, -0.05) is 6.08 Å². The fourth-order valence-corrected chi connectivity index (χ4v) is 3.71. The minimum Gasteiger partial charge on any atom is -0.399 e. The minimum absolute atomic E-state index is 0.0361. The highest BCUT2D eigenvalue weighted by atomic mass is 32.2. The molecule has 0 saturated heterocycles. The molecular formula is C14H19N3O2S. The predicted molar refractivity (Wildman–Crippen MR) is 79.4 cm³/mol. The number of nitrogens with two attached hydrogens (primary N) is 1. The summed E-state index contributed by atoms with van der Waals surface area (Å²) in [5.41, 5.74) is 5.37. The van der Waals surface area contributed by atoms with Crippen LogP contribution >= 0.6 is 0 Å². The van der Waals surface area contributed by atoms with Crippen LogP contribution in [-0.4, -0.2) is 24.8 Å². The van der Waals surface area contributed by atoms with E-state index in [1.54, 1.807) is 20.8 Å². The quantitative estimate of drug-likeness (QED) is 0.680. The van der Waals surface area contributed by atoms with E-state index in [0.717, 1.165) is 0 Å². The van der Waals surface area contributed by atoms with E-state index >= 15 is 0 Å². The fourth-order valence-electron chi connectivity index (χ4n) is 1.83. The molecule has 0 spiro atoms. The van der Waals surface area contributed by atoms with E-state index in [2.05, 4.69) is 6.58 Å². The number of sulfonamides is 1. The lowest BCUT2D eigenvalue weighted by molar-refractivity contribution is 0.270. The van der Waals surface area contributed by atoms with E-state index in [-0.39, 0.29) is 17.0 Å². The lowest BCUT2D eigenvalue weighted by atomic mass is 10.1. The first kappa shape index (κ1) is 16.2. The van der Waals surface area contributed by atoms with Crippen LogP contribution in [0.3, 0.4) is 0 Å². The van der Waals surface area contributed by atoms with Crippen molar-refractivity contribution in [1.82, 2.24) is 4.31 Å². The van der Waals surface area contributed by atoms with Crippen LogP contribution < -0.4 is 5.73 Å². The third kappa shape index (κ3) is 3.18. The summed E-state index contributed by atoms with van der Waals surface area (Å²) < 4.78 is 26.8. The number of anilines is 1. The minimum atomic E-state index is -3.80. The first-order chi connectivity index (χ1) is 9.14. The average Bonchev–Trinajstić information content (AvgIpc) is 2.33. The Balaban J connectivity index is 3.50. The Labute approximate surface area is 120 Å². The average molecular weight is 293 g/mol. The van der Waals surface area contributed by atoms with Crippen molar-refractivity contribution in [3.8, 4) is 6.07 Å². The molecule has 0 fully saturated rings. The summed E-state index contributed by atoms with van der Waals surface area (Å²) in [6, 6.07) is 6.08. The molecule has 0 aromatic heterocycles. The lowest BCUT2D eigenvalue weighted by Gasteiger charge is -2.33. The highest BCUT2D eigenvalue weighted by molar-refractivity contribution is 7.89. The Hall–Kier alpha value is -1.84. The number of nitrogen functional groups attached to an aromatic ring is 1. The molecule has 0 radical (unpaired) electrons. The Morgan fingerprint density at radius 3 is 2.50 bits per heavy atom. The maximum Gasteiger partial charge on any atom is 0.245 e. The molecule has 0 unspecified atom stereocenters. The number of benzene rings is 1. The van der Waals surface area contributed by atoms with Gasteiger partial charge in [-0.3, -0.25) is 0 Å². The van der Waals surface area contributed by atoms with Crippen LogP contribution in [0.4, 0.5) is 5.69 Å². The molecule has 5 nitrogen and oxygen atoms in total. The van der Waals surface area contributed by atoms with Crippen LogP contribution in [0.5, 0.6) is 0 Å². The van der Waals surface area contributed by atoms with Gasteiger partial charge in [0.15, 0.2) is 0 Å². The van der Waals surface area contributed by atoms with Crippen molar-refractivity contribution in [2.45, 2.75) is 31.2 Å². The van der Waals surface area contributed by atoms with E-state index in [0.29, 0.717) is 5.69 Å². The Morgan fingerprint density at radius 2 is 2.05 bits per heavy atom. The van der Waals surface area contributed by atoms with Gasteiger partial charge in [-0.15, -0.1) is 6.58 Å². The SMILES string of the molecule is C=CCN(C(C)(C)C)S(=O)(=O)c1ccc(N)cc1C#N. The maximum absolute atomic E-state index is 12.7. The number of hydrogen-bond acceptors (Lipinski definition) is 4. The molecule has 0 aliphatic rings. The molecule has 0 heterocycles. The van der Waals surface area contributed by atoms with Crippen molar-refractivity contribution in [3.05, 3.63) is 36.4 Å². The van der Waals surface area contributed by atoms with E-state index in [9.17, 15) is 8.42 Å². The molecule has 20 heavy (non-hydrogen) atoms. The van der Waals surface area contributed by atoms with Crippen molar-refractivity contribution >= 4 is 15.7 Å². The second kappa shape index (κ2) is 5.65. The van der Waals surface area contributed by atoms with Gasteiger partial charge in [-0.2, -0.15) is 9.57 Å². The molecule has 0 saturated carbocycles. The van der Waals surface area contributed by atoms with Crippen LogP contribution in [0.2, 0.25) is 0 Å². The van der Waals surface area contributed by atoms with Crippen molar-refractivity contribution in [2.75, 3.05) is 12.3 Å². The normalized spacial score (nSPS) is 12.2. The molecule has 0 atom stereocenters. The Kier molecular flexibility index (Phi) is 4.58. The monoisotopic (exact) mass is 293 g/mol. The largest absolute Gasteiger partial charge is 0.399 e. The van der Waals surface area contributed by atoms with Gasteiger partial charge in [0.05, 0.1) is 5.56 Å².